The second-order valence-electron chi connectivity index (χ2n) is 2.87. The Balaban J connectivity index is 3.51. The Morgan fingerprint density at radius 1 is 1.62 bits per heavy atom. The average Bonchev–Trinajstić information content (AvgIpc) is 2.03. The lowest BCUT2D eigenvalue weighted by molar-refractivity contribution is -0.117. The summed E-state index contributed by atoms with van der Waals surface area (Å²) in [7, 11) is 0. The monoisotopic (exact) mass is 188 g/mol. The molecule has 0 aliphatic carbocycles. The van der Waals surface area contributed by atoms with Gasteiger partial charge >= 0.3 is 0 Å². The van der Waals surface area contributed by atoms with Crippen molar-refractivity contribution in [2.24, 2.45) is 16.6 Å². The van der Waals surface area contributed by atoms with E-state index in [4.69, 9.17) is 16.7 Å². The van der Waals surface area contributed by atoms with E-state index in [1.165, 1.54) is 0 Å². The van der Waals surface area contributed by atoms with Crippen LogP contribution in [0.15, 0.2) is 5.16 Å². The first-order valence-corrected chi connectivity index (χ1v) is 4.04. The van der Waals surface area contributed by atoms with Crippen LogP contribution in [-0.4, -0.2) is 29.5 Å². The molecule has 0 rings (SSSR count). The summed E-state index contributed by atoms with van der Waals surface area (Å²) in [6.45, 7) is 2.38. The predicted molar refractivity (Wildman–Crippen MR) is 49.3 cm³/mol. The van der Waals surface area contributed by atoms with Crippen molar-refractivity contribution >= 4 is 11.7 Å². The molecule has 0 aliphatic heterocycles. The minimum atomic E-state index is -0.344. The predicted octanol–water partition coefficient (Wildman–Crippen LogP) is -1.02. The van der Waals surface area contributed by atoms with Crippen LogP contribution in [0.25, 0.3) is 0 Å². The van der Waals surface area contributed by atoms with Gasteiger partial charge in [-0.25, -0.2) is 0 Å². The van der Waals surface area contributed by atoms with Crippen molar-refractivity contribution in [2.45, 2.75) is 25.8 Å². The Morgan fingerprint density at radius 3 is 2.69 bits per heavy atom. The molecule has 1 amide bonds. The van der Waals surface area contributed by atoms with Gasteiger partial charge in [0.15, 0.2) is 0 Å². The van der Waals surface area contributed by atoms with Crippen LogP contribution in [0.1, 0.15) is 19.8 Å². The number of carbonyl (C=O) groups is 1. The summed E-state index contributed by atoms with van der Waals surface area (Å²) in [5, 5.41) is 14.1. The molecule has 0 bridgehead atoms. The molecule has 0 heterocycles. The van der Waals surface area contributed by atoms with Gasteiger partial charge in [-0.15, -0.1) is 0 Å². The number of nitrogens with one attached hydrogen (secondary N) is 1. The summed E-state index contributed by atoms with van der Waals surface area (Å²) in [6, 6.07) is 0.0650. The molecular weight excluding hydrogens is 172 g/mol. The third kappa shape index (κ3) is 7.07. The highest BCUT2D eigenvalue weighted by molar-refractivity contribution is 5.80. The molecule has 6 N–H and O–H groups in total. The van der Waals surface area contributed by atoms with Crippen molar-refractivity contribution in [3.05, 3.63) is 0 Å². The second kappa shape index (κ2) is 6.24. The summed E-state index contributed by atoms with van der Waals surface area (Å²) in [5.41, 5.74) is 10.2. The van der Waals surface area contributed by atoms with Gasteiger partial charge in [0.05, 0.1) is 0 Å². The van der Waals surface area contributed by atoms with Gasteiger partial charge in [-0.3, -0.25) is 4.79 Å². The Bertz CT molecular complexity index is 193. The fraction of sp³-hybridized carbons (Fsp3) is 0.714. The smallest absolute Gasteiger partial charge is 0.218 e. The molecule has 6 heteroatoms. The van der Waals surface area contributed by atoms with Crippen LogP contribution in [-0.2, 0) is 4.79 Å². The molecule has 0 aromatic rings. The van der Waals surface area contributed by atoms with Crippen molar-refractivity contribution in [3.8, 4) is 0 Å². The third-order valence-corrected chi connectivity index (χ3v) is 1.51. The number of primary amides is 1. The summed E-state index contributed by atoms with van der Waals surface area (Å²) in [6.07, 6.45) is 0.732. The summed E-state index contributed by atoms with van der Waals surface area (Å²) in [4.78, 5) is 10.4. The zero-order chi connectivity index (χ0) is 10.3. The van der Waals surface area contributed by atoms with Crippen molar-refractivity contribution in [1.29, 1.82) is 0 Å². The van der Waals surface area contributed by atoms with Crippen LogP contribution in [0.5, 0.6) is 0 Å². The normalized spacial score (nSPS) is 14.1. The summed E-state index contributed by atoms with van der Waals surface area (Å²) < 4.78 is 0. The van der Waals surface area contributed by atoms with Crippen molar-refractivity contribution in [3.63, 3.8) is 0 Å². The Hall–Kier alpha value is -1.30. The molecule has 0 saturated carbocycles. The van der Waals surface area contributed by atoms with E-state index >= 15 is 0 Å². The zero-order valence-electron chi connectivity index (χ0n) is 7.66. The lowest BCUT2D eigenvalue weighted by Crippen LogP contribution is -2.33. The van der Waals surface area contributed by atoms with Crippen LogP contribution < -0.4 is 16.8 Å². The lowest BCUT2D eigenvalue weighted by Gasteiger charge is -2.11. The van der Waals surface area contributed by atoms with Gasteiger partial charge in [0, 0.05) is 25.4 Å². The second-order valence-corrected chi connectivity index (χ2v) is 2.87. The van der Waals surface area contributed by atoms with Crippen LogP contribution >= 0.6 is 0 Å². The third-order valence-electron chi connectivity index (χ3n) is 1.51. The number of hydrogen-bond donors (Lipinski definition) is 4. The van der Waals surface area contributed by atoms with E-state index in [0.717, 1.165) is 0 Å². The molecule has 0 saturated heterocycles. The van der Waals surface area contributed by atoms with Gasteiger partial charge in [0.2, 0.25) is 5.91 Å². The molecule has 0 radical (unpaired) electrons. The maximum atomic E-state index is 10.4. The summed E-state index contributed by atoms with van der Waals surface area (Å²) >= 11 is 0. The molecule has 0 fully saturated rings. The van der Waals surface area contributed by atoms with E-state index in [9.17, 15) is 4.79 Å². The van der Waals surface area contributed by atoms with Crippen LogP contribution in [0, 0.1) is 0 Å². The Kier molecular flexibility index (Phi) is 5.62. The first-order chi connectivity index (χ1) is 6.06. The maximum Gasteiger partial charge on any atom is 0.218 e. The Morgan fingerprint density at radius 2 is 2.23 bits per heavy atom. The first kappa shape index (κ1) is 11.7. The highest BCUT2D eigenvalue weighted by Crippen LogP contribution is 1.90. The van der Waals surface area contributed by atoms with E-state index in [1.807, 2.05) is 6.92 Å². The van der Waals surface area contributed by atoms with Gasteiger partial charge in [0.1, 0.15) is 5.84 Å². The molecule has 1 atom stereocenters. The molecule has 0 aromatic carbocycles. The number of carbonyl (C=O) groups excluding carboxylic acids is 1. The topological polar surface area (TPSA) is 114 Å². The molecule has 1 unspecified atom stereocenters. The van der Waals surface area contributed by atoms with Gasteiger partial charge in [0.25, 0.3) is 0 Å². The van der Waals surface area contributed by atoms with Crippen molar-refractivity contribution in [1.82, 2.24) is 5.32 Å². The average molecular weight is 188 g/mol. The van der Waals surface area contributed by atoms with Crippen LogP contribution in [0.2, 0.25) is 0 Å². The summed E-state index contributed by atoms with van der Waals surface area (Å²) in [5.74, 6) is -0.178. The minimum Gasteiger partial charge on any atom is -0.409 e. The molecule has 13 heavy (non-hydrogen) atoms. The number of nitrogens with two attached hydrogens (primary N) is 2. The fourth-order valence-electron chi connectivity index (χ4n) is 0.868. The SMILES string of the molecule is CC(CC(N)=NO)NCCC(N)=O. The molecule has 0 aliphatic rings. The van der Waals surface area contributed by atoms with E-state index in [0.29, 0.717) is 19.4 Å². The fourth-order valence-corrected chi connectivity index (χ4v) is 0.868. The van der Waals surface area contributed by atoms with E-state index in [1.54, 1.807) is 0 Å². The van der Waals surface area contributed by atoms with Crippen molar-refractivity contribution < 1.29 is 10.0 Å². The maximum absolute atomic E-state index is 10.4. The highest BCUT2D eigenvalue weighted by atomic mass is 16.4. The van der Waals surface area contributed by atoms with E-state index < -0.39 is 0 Å². The number of nitrogens with zero attached hydrogens (tertiary/aromatic N) is 1. The molecule has 0 aromatic heterocycles. The van der Waals surface area contributed by atoms with Gasteiger partial charge in [-0.05, 0) is 6.92 Å². The molecule has 6 nitrogen and oxygen atoms in total. The lowest BCUT2D eigenvalue weighted by atomic mass is 10.2. The van der Waals surface area contributed by atoms with Gasteiger partial charge in [-0.2, -0.15) is 0 Å². The molecule has 0 spiro atoms. The molecule has 76 valence electrons. The zero-order valence-corrected chi connectivity index (χ0v) is 7.66. The van der Waals surface area contributed by atoms with E-state index in [-0.39, 0.29) is 17.8 Å². The van der Waals surface area contributed by atoms with Crippen molar-refractivity contribution in [2.75, 3.05) is 6.54 Å². The highest BCUT2D eigenvalue weighted by Gasteiger charge is 2.04. The number of amides is 1. The number of hydrogen-bond acceptors (Lipinski definition) is 4. The largest absolute Gasteiger partial charge is 0.409 e. The number of oxime groups is 1. The molecular formula is C7H16N4O2. The van der Waals surface area contributed by atoms with Crippen LogP contribution in [0.3, 0.4) is 0 Å². The van der Waals surface area contributed by atoms with Gasteiger partial charge < -0.3 is 22.0 Å². The van der Waals surface area contributed by atoms with Crippen LogP contribution in [0.4, 0.5) is 0 Å². The quantitative estimate of drug-likeness (QED) is 0.185. The first-order valence-electron chi connectivity index (χ1n) is 4.04. The standard InChI is InChI=1S/C7H16N4O2/c1-5(4-6(8)11-13)10-3-2-7(9)12/h5,10,13H,2-4H2,1H3,(H2,8,11)(H2,9,12). The van der Waals surface area contributed by atoms with Gasteiger partial charge in [-0.1, -0.05) is 5.16 Å². The Labute approximate surface area is 77.0 Å². The minimum absolute atomic E-state index is 0.0650. The number of amidine groups is 1. The van der Waals surface area contributed by atoms with E-state index in [2.05, 4.69) is 10.5 Å². The number of rotatable bonds is 6.